The summed E-state index contributed by atoms with van der Waals surface area (Å²) in [5, 5.41) is 11.5. The van der Waals surface area contributed by atoms with Gasteiger partial charge >= 0.3 is 0 Å². The number of halogens is 3. The maximum atomic E-state index is 14.1. The largest absolute Gasteiger partial charge is 0.503 e. The maximum Gasteiger partial charge on any atom is 0.294 e. The van der Waals surface area contributed by atoms with Gasteiger partial charge in [0.2, 0.25) is 5.78 Å². The fraction of sp³-hybridized carbons (Fsp3) is 0.111. The molecule has 1 aromatic heterocycles. The molecule has 182 valence electrons. The number of benzene rings is 3. The fourth-order valence-electron chi connectivity index (χ4n) is 4.25. The van der Waals surface area contributed by atoms with Crippen LogP contribution in [0.5, 0.6) is 5.75 Å². The number of nitrogens with zero attached hydrogens (tertiary/aromatic N) is 1. The monoisotopic (exact) mass is 553 g/mol. The van der Waals surface area contributed by atoms with Crippen LogP contribution in [0.1, 0.15) is 29.1 Å². The fourth-order valence-corrected chi connectivity index (χ4v) is 4.63. The summed E-state index contributed by atoms with van der Waals surface area (Å²) in [7, 11) is 0. The lowest BCUT2D eigenvalue weighted by Crippen LogP contribution is -2.31. The van der Waals surface area contributed by atoms with Crippen molar-refractivity contribution in [2.75, 3.05) is 11.5 Å². The van der Waals surface area contributed by atoms with E-state index in [4.69, 9.17) is 9.15 Å². The number of ether oxygens (including phenoxy) is 1. The Balaban J connectivity index is 1.67. The van der Waals surface area contributed by atoms with E-state index < -0.39 is 35.1 Å². The predicted molar refractivity (Wildman–Crippen MR) is 132 cm³/mol. The Hall–Kier alpha value is -3.98. The Bertz CT molecular complexity index is 1560. The number of rotatable bonds is 6. The summed E-state index contributed by atoms with van der Waals surface area (Å²) in [6.45, 7) is 2.18. The number of anilines is 1. The quantitative estimate of drug-likeness (QED) is 0.270. The standard InChI is InChI=1S/C27H18BrF2NO5/c1-2-35-18-5-3-4-14(11-18)24-23(25(32)22-12-15-10-16(28)6-9-21(15)36-22)26(33)27(34)31(24)17-7-8-19(29)20(30)13-17/h3-13,24,33H,2H2,1H3. The van der Waals surface area contributed by atoms with Gasteiger partial charge in [-0.1, -0.05) is 28.1 Å². The van der Waals surface area contributed by atoms with Crippen molar-refractivity contribution in [2.45, 2.75) is 13.0 Å². The van der Waals surface area contributed by atoms with Crippen molar-refractivity contribution in [3.05, 3.63) is 105 Å². The van der Waals surface area contributed by atoms with E-state index in [2.05, 4.69) is 15.9 Å². The molecule has 1 amide bonds. The molecule has 1 aliphatic rings. The number of fused-ring (bicyclic) bond motifs is 1. The van der Waals surface area contributed by atoms with E-state index in [9.17, 15) is 23.5 Å². The Morgan fingerprint density at radius 2 is 1.89 bits per heavy atom. The van der Waals surface area contributed by atoms with Crippen LogP contribution >= 0.6 is 15.9 Å². The van der Waals surface area contributed by atoms with Crippen molar-refractivity contribution in [1.82, 2.24) is 0 Å². The van der Waals surface area contributed by atoms with Crippen LogP contribution in [0.2, 0.25) is 0 Å². The summed E-state index contributed by atoms with van der Waals surface area (Å²) in [4.78, 5) is 28.0. The number of carbonyl (C=O) groups excluding carboxylic acids is 2. The SMILES string of the molecule is CCOc1cccc(C2C(C(=O)c3cc4cc(Br)ccc4o3)=C(O)C(=O)N2c2ccc(F)c(F)c2)c1. The molecule has 1 N–H and O–H groups in total. The molecule has 1 aliphatic heterocycles. The van der Waals surface area contributed by atoms with Crippen LogP contribution in [-0.4, -0.2) is 23.4 Å². The molecule has 0 bridgehead atoms. The molecule has 6 nitrogen and oxygen atoms in total. The van der Waals surface area contributed by atoms with E-state index in [-0.39, 0.29) is 17.0 Å². The Kier molecular flexibility index (Phi) is 6.09. The van der Waals surface area contributed by atoms with Crippen molar-refractivity contribution in [2.24, 2.45) is 0 Å². The number of hydrogen-bond acceptors (Lipinski definition) is 5. The zero-order valence-corrected chi connectivity index (χ0v) is 20.4. The Morgan fingerprint density at radius 1 is 1.08 bits per heavy atom. The van der Waals surface area contributed by atoms with Crippen molar-refractivity contribution < 1.29 is 32.6 Å². The molecular formula is C27H18BrF2NO5. The van der Waals surface area contributed by atoms with Crippen LogP contribution in [0.15, 0.2) is 87.0 Å². The van der Waals surface area contributed by atoms with Gasteiger partial charge in [0.25, 0.3) is 5.91 Å². The highest BCUT2D eigenvalue weighted by atomic mass is 79.9. The minimum absolute atomic E-state index is 0.0337. The third kappa shape index (κ3) is 4.05. The van der Waals surface area contributed by atoms with Crippen molar-refractivity contribution in [3.63, 3.8) is 0 Å². The van der Waals surface area contributed by atoms with Gasteiger partial charge in [-0.15, -0.1) is 0 Å². The Morgan fingerprint density at radius 3 is 2.64 bits per heavy atom. The highest BCUT2D eigenvalue weighted by Gasteiger charge is 2.45. The molecule has 1 atom stereocenters. The zero-order valence-electron chi connectivity index (χ0n) is 18.8. The molecule has 0 spiro atoms. The number of amides is 1. The predicted octanol–water partition coefficient (Wildman–Crippen LogP) is 6.66. The molecule has 0 saturated carbocycles. The smallest absolute Gasteiger partial charge is 0.294 e. The number of aliphatic hydroxyl groups excluding tert-OH is 1. The third-order valence-corrected chi connectivity index (χ3v) is 6.31. The molecule has 5 rings (SSSR count). The number of Topliss-reactive ketones (excluding diaryl/α,β-unsaturated/α-hetero) is 1. The van der Waals surface area contributed by atoms with Gasteiger partial charge in [0.1, 0.15) is 11.3 Å². The van der Waals surface area contributed by atoms with Gasteiger partial charge in [0.15, 0.2) is 23.2 Å². The summed E-state index contributed by atoms with van der Waals surface area (Å²) in [6, 6.07) is 15.1. The van der Waals surface area contributed by atoms with Crippen molar-refractivity contribution >= 4 is 44.3 Å². The summed E-state index contributed by atoms with van der Waals surface area (Å²) in [5.41, 5.74) is 0.578. The molecule has 2 heterocycles. The van der Waals surface area contributed by atoms with Gasteiger partial charge in [-0.25, -0.2) is 8.78 Å². The van der Waals surface area contributed by atoms with Gasteiger partial charge < -0.3 is 14.3 Å². The molecule has 0 radical (unpaired) electrons. The maximum absolute atomic E-state index is 14.1. The zero-order chi connectivity index (χ0) is 25.6. The van der Waals surface area contributed by atoms with Gasteiger partial charge in [0, 0.05) is 21.6 Å². The lowest BCUT2D eigenvalue weighted by Gasteiger charge is -2.27. The lowest BCUT2D eigenvalue weighted by molar-refractivity contribution is -0.117. The molecule has 0 aliphatic carbocycles. The summed E-state index contributed by atoms with van der Waals surface area (Å²) in [6.07, 6.45) is 0. The van der Waals surface area contributed by atoms with Crippen molar-refractivity contribution in [1.29, 1.82) is 0 Å². The number of aliphatic hydroxyl groups is 1. The second-order valence-electron chi connectivity index (χ2n) is 8.07. The first kappa shape index (κ1) is 23.7. The average Bonchev–Trinajstić information content (AvgIpc) is 3.39. The first-order chi connectivity index (χ1) is 17.3. The summed E-state index contributed by atoms with van der Waals surface area (Å²) >= 11 is 3.37. The topological polar surface area (TPSA) is 80.0 Å². The molecule has 0 fully saturated rings. The molecule has 0 saturated heterocycles. The second kappa shape index (κ2) is 9.23. The highest BCUT2D eigenvalue weighted by molar-refractivity contribution is 9.10. The number of carbonyl (C=O) groups is 2. The first-order valence-electron chi connectivity index (χ1n) is 11.0. The van der Waals surface area contributed by atoms with Gasteiger partial charge in [-0.05, 0) is 61.0 Å². The number of hydrogen-bond donors (Lipinski definition) is 1. The van der Waals surface area contributed by atoms with Gasteiger partial charge in [-0.3, -0.25) is 14.5 Å². The van der Waals surface area contributed by atoms with E-state index in [0.29, 0.717) is 28.9 Å². The molecule has 36 heavy (non-hydrogen) atoms. The molecule has 9 heteroatoms. The van der Waals surface area contributed by atoms with Gasteiger partial charge in [-0.2, -0.15) is 0 Å². The lowest BCUT2D eigenvalue weighted by atomic mass is 9.94. The van der Waals surface area contributed by atoms with Crippen LogP contribution < -0.4 is 9.64 Å². The molecule has 1 unspecified atom stereocenters. The number of ketones is 1. The van der Waals surface area contributed by atoms with E-state index in [0.717, 1.165) is 21.5 Å². The minimum atomic E-state index is -1.18. The van der Waals surface area contributed by atoms with Gasteiger partial charge in [0.05, 0.1) is 18.2 Å². The highest BCUT2D eigenvalue weighted by Crippen LogP contribution is 2.43. The Labute approximate surface area is 212 Å². The first-order valence-corrected chi connectivity index (χ1v) is 11.8. The summed E-state index contributed by atoms with van der Waals surface area (Å²) in [5.74, 6) is -4.35. The van der Waals surface area contributed by atoms with Crippen LogP contribution in [0.25, 0.3) is 11.0 Å². The third-order valence-electron chi connectivity index (χ3n) is 5.82. The van der Waals surface area contributed by atoms with E-state index in [1.165, 1.54) is 12.1 Å². The minimum Gasteiger partial charge on any atom is -0.503 e. The molecule has 3 aromatic carbocycles. The second-order valence-corrected chi connectivity index (χ2v) is 8.98. The van der Waals surface area contributed by atoms with E-state index >= 15 is 0 Å². The van der Waals surface area contributed by atoms with Crippen molar-refractivity contribution in [3.8, 4) is 5.75 Å². The normalized spacial score (nSPS) is 15.7. The van der Waals surface area contributed by atoms with Crippen LogP contribution in [0.3, 0.4) is 0 Å². The number of furan rings is 1. The molecule has 4 aromatic rings. The van der Waals surface area contributed by atoms with Crippen LogP contribution in [-0.2, 0) is 4.79 Å². The van der Waals surface area contributed by atoms with E-state index in [1.54, 1.807) is 49.4 Å². The molecular weight excluding hydrogens is 536 g/mol. The van der Waals surface area contributed by atoms with Crippen LogP contribution in [0, 0.1) is 11.6 Å². The van der Waals surface area contributed by atoms with E-state index in [1.807, 2.05) is 0 Å². The summed E-state index contributed by atoms with van der Waals surface area (Å²) < 4.78 is 39.8. The average molecular weight is 554 g/mol. The van der Waals surface area contributed by atoms with Crippen LogP contribution in [0.4, 0.5) is 14.5 Å².